The molecule has 0 radical (unpaired) electrons. The van der Waals surface area contributed by atoms with Crippen molar-refractivity contribution in [3.05, 3.63) is 21.4 Å². The molecule has 12 heavy (non-hydrogen) atoms. The summed E-state index contributed by atoms with van der Waals surface area (Å²) in [6, 6.07) is 0. The Hall–Kier alpha value is -0.670. The number of rotatable bonds is 1. The molecule has 0 saturated carbocycles. The summed E-state index contributed by atoms with van der Waals surface area (Å²) < 4.78 is 0. The monoisotopic (exact) mass is 181 g/mol. The second kappa shape index (κ2) is 2.68. The predicted octanol–water partition coefficient (Wildman–Crippen LogP) is 1.90. The number of Topliss-reactive ketones (excluding diaryl/α,β-unsaturated/α-hetero) is 1. The molecule has 0 amide bonds. The zero-order chi connectivity index (χ0) is 8.72. The molecule has 1 aliphatic heterocycles. The van der Waals surface area contributed by atoms with Gasteiger partial charge in [-0.1, -0.05) is 0 Å². The first-order valence-corrected chi connectivity index (χ1v) is 4.85. The number of hydrogen-bond donors (Lipinski definition) is 0. The minimum atomic E-state index is 0.205. The molecule has 0 spiro atoms. The lowest BCUT2D eigenvalue weighted by Crippen LogP contribution is -2.08. The molecular weight excluding hydrogens is 170 g/mol. The Morgan fingerprint density at radius 1 is 1.58 bits per heavy atom. The minimum absolute atomic E-state index is 0.205. The molecule has 0 N–H and O–H groups in total. The average molecular weight is 181 g/mol. The van der Waals surface area contributed by atoms with Crippen molar-refractivity contribution in [1.29, 1.82) is 0 Å². The van der Waals surface area contributed by atoms with Gasteiger partial charge >= 0.3 is 0 Å². The van der Waals surface area contributed by atoms with Gasteiger partial charge in [-0.25, -0.2) is 0 Å². The molecule has 0 saturated heterocycles. The smallest absolute Gasteiger partial charge is 0.170 e. The minimum Gasteiger partial charge on any atom is -0.298 e. The number of ketones is 1. The average Bonchev–Trinajstić information content (AvgIpc) is 2.43. The third kappa shape index (κ3) is 1.09. The van der Waals surface area contributed by atoms with E-state index in [1.165, 1.54) is 11.1 Å². The SMILES string of the molecule is CC(=O)c1scc2c1CN(C)C2. The van der Waals surface area contributed by atoms with Crippen LogP contribution in [0.4, 0.5) is 0 Å². The Bertz CT molecular complexity index is 329. The first-order chi connectivity index (χ1) is 5.68. The van der Waals surface area contributed by atoms with Crippen LogP contribution in [0.5, 0.6) is 0 Å². The van der Waals surface area contributed by atoms with Crippen molar-refractivity contribution in [2.24, 2.45) is 0 Å². The highest BCUT2D eigenvalue weighted by atomic mass is 32.1. The van der Waals surface area contributed by atoms with E-state index >= 15 is 0 Å². The van der Waals surface area contributed by atoms with Crippen LogP contribution in [0, 0.1) is 0 Å². The molecule has 1 aliphatic rings. The van der Waals surface area contributed by atoms with Gasteiger partial charge in [0.15, 0.2) is 5.78 Å². The van der Waals surface area contributed by atoms with E-state index in [1.807, 2.05) is 0 Å². The van der Waals surface area contributed by atoms with Crippen molar-refractivity contribution < 1.29 is 4.79 Å². The van der Waals surface area contributed by atoms with Crippen LogP contribution in [0.3, 0.4) is 0 Å². The summed E-state index contributed by atoms with van der Waals surface area (Å²) in [4.78, 5) is 14.3. The van der Waals surface area contributed by atoms with E-state index in [1.54, 1.807) is 18.3 Å². The van der Waals surface area contributed by atoms with Crippen LogP contribution >= 0.6 is 11.3 Å². The number of thiophene rings is 1. The fourth-order valence-corrected chi connectivity index (χ4v) is 2.62. The van der Waals surface area contributed by atoms with Crippen LogP contribution in [0.2, 0.25) is 0 Å². The largest absolute Gasteiger partial charge is 0.298 e. The third-order valence-corrected chi connectivity index (χ3v) is 3.34. The van der Waals surface area contributed by atoms with Gasteiger partial charge in [0.1, 0.15) is 0 Å². The molecule has 0 aliphatic carbocycles. The Labute approximate surface area is 75.8 Å². The van der Waals surface area contributed by atoms with Crippen LogP contribution < -0.4 is 0 Å². The van der Waals surface area contributed by atoms with Gasteiger partial charge in [0, 0.05) is 13.1 Å². The highest BCUT2D eigenvalue weighted by molar-refractivity contribution is 7.12. The Kier molecular flexibility index (Phi) is 1.77. The molecule has 0 unspecified atom stereocenters. The normalized spacial score (nSPS) is 16.5. The van der Waals surface area contributed by atoms with Gasteiger partial charge in [0.2, 0.25) is 0 Å². The lowest BCUT2D eigenvalue weighted by molar-refractivity contribution is 0.102. The summed E-state index contributed by atoms with van der Waals surface area (Å²) in [5.41, 5.74) is 2.60. The van der Waals surface area contributed by atoms with Gasteiger partial charge in [-0.05, 0) is 30.5 Å². The van der Waals surface area contributed by atoms with Gasteiger partial charge in [-0.3, -0.25) is 9.69 Å². The van der Waals surface area contributed by atoms with E-state index < -0.39 is 0 Å². The molecule has 1 aromatic rings. The molecule has 0 fully saturated rings. The van der Waals surface area contributed by atoms with E-state index in [4.69, 9.17) is 0 Å². The van der Waals surface area contributed by atoms with Gasteiger partial charge in [0.05, 0.1) is 4.88 Å². The van der Waals surface area contributed by atoms with E-state index in [9.17, 15) is 4.79 Å². The number of carbonyl (C=O) groups is 1. The van der Waals surface area contributed by atoms with Gasteiger partial charge < -0.3 is 0 Å². The van der Waals surface area contributed by atoms with E-state index in [0.29, 0.717) is 0 Å². The molecule has 0 bridgehead atoms. The number of nitrogens with zero attached hydrogens (tertiary/aromatic N) is 1. The molecule has 64 valence electrons. The standard InChI is InChI=1S/C9H11NOS/c1-6(11)9-8-4-10(2)3-7(8)5-12-9/h5H,3-4H2,1-2H3. The molecule has 2 rings (SSSR count). The summed E-state index contributed by atoms with van der Waals surface area (Å²) in [6.07, 6.45) is 0. The Morgan fingerprint density at radius 3 is 3.00 bits per heavy atom. The van der Waals surface area contributed by atoms with Crippen molar-refractivity contribution in [2.45, 2.75) is 20.0 Å². The fourth-order valence-electron chi connectivity index (χ4n) is 1.64. The molecule has 3 heteroatoms. The second-order valence-corrected chi connectivity index (χ2v) is 4.18. The summed E-state index contributed by atoms with van der Waals surface area (Å²) in [6.45, 7) is 3.58. The van der Waals surface area contributed by atoms with Gasteiger partial charge in [-0.15, -0.1) is 11.3 Å². The maximum atomic E-state index is 11.2. The topological polar surface area (TPSA) is 20.3 Å². The van der Waals surface area contributed by atoms with Crippen molar-refractivity contribution in [3.8, 4) is 0 Å². The highest BCUT2D eigenvalue weighted by Crippen LogP contribution is 2.30. The maximum Gasteiger partial charge on any atom is 0.170 e. The predicted molar refractivity (Wildman–Crippen MR) is 49.5 cm³/mol. The van der Waals surface area contributed by atoms with E-state index in [2.05, 4.69) is 17.3 Å². The quantitative estimate of drug-likeness (QED) is 0.617. The first kappa shape index (κ1) is 7.95. The molecule has 0 atom stereocenters. The van der Waals surface area contributed by atoms with Gasteiger partial charge in [0.25, 0.3) is 0 Å². The number of hydrogen-bond acceptors (Lipinski definition) is 3. The van der Waals surface area contributed by atoms with Crippen LogP contribution in [0.25, 0.3) is 0 Å². The zero-order valence-electron chi connectivity index (χ0n) is 7.26. The first-order valence-electron chi connectivity index (χ1n) is 3.97. The van der Waals surface area contributed by atoms with E-state index in [0.717, 1.165) is 18.0 Å². The second-order valence-electron chi connectivity index (χ2n) is 3.30. The van der Waals surface area contributed by atoms with Crippen molar-refractivity contribution in [3.63, 3.8) is 0 Å². The summed E-state index contributed by atoms with van der Waals surface area (Å²) in [5, 5.41) is 2.11. The van der Waals surface area contributed by atoms with Crippen molar-refractivity contribution in [1.82, 2.24) is 4.90 Å². The van der Waals surface area contributed by atoms with E-state index in [-0.39, 0.29) is 5.78 Å². The van der Waals surface area contributed by atoms with Crippen molar-refractivity contribution in [2.75, 3.05) is 7.05 Å². The molecule has 1 aromatic heterocycles. The van der Waals surface area contributed by atoms with Crippen LogP contribution in [0.15, 0.2) is 5.38 Å². The van der Waals surface area contributed by atoms with Gasteiger partial charge in [-0.2, -0.15) is 0 Å². The Balaban J connectivity index is 2.43. The fraction of sp³-hybridized carbons (Fsp3) is 0.444. The number of fused-ring (bicyclic) bond motifs is 1. The molecule has 2 heterocycles. The summed E-state index contributed by atoms with van der Waals surface area (Å²) in [5.74, 6) is 0.205. The molecular formula is C9H11NOS. The maximum absolute atomic E-state index is 11.2. The lowest BCUT2D eigenvalue weighted by atomic mass is 10.1. The van der Waals surface area contributed by atoms with Crippen molar-refractivity contribution >= 4 is 17.1 Å². The highest BCUT2D eigenvalue weighted by Gasteiger charge is 2.22. The molecule has 0 aromatic carbocycles. The van der Waals surface area contributed by atoms with Crippen LogP contribution in [-0.2, 0) is 13.1 Å². The lowest BCUT2D eigenvalue weighted by Gasteiger charge is -2.04. The molecule has 2 nitrogen and oxygen atoms in total. The summed E-state index contributed by atoms with van der Waals surface area (Å²) >= 11 is 1.59. The third-order valence-electron chi connectivity index (χ3n) is 2.17. The van der Waals surface area contributed by atoms with Crippen LogP contribution in [0.1, 0.15) is 27.7 Å². The zero-order valence-corrected chi connectivity index (χ0v) is 8.07. The number of carbonyl (C=O) groups excluding carboxylic acids is 1. The van der Waals surface area contributed by atoms with Crippen LogP contribution in [-0.4, -0.2) is 17.7 Å². The Morgan fingerprint density at radius 2 is 2.33 bits per heavy atom. The summed E-state index contributed by atoms with van der Waals surface area (Å²) in [7, 11) is 2.08.